The van der Waals surface area contributed by atoms with Crippen LogP contribution >= 0.6 is 15.9 Å². The lowest BCUT2D eigenvalue weighted by atomic mass is 10.1. The van der Waals surface area contributed by atoms with Crippen LogP contribution in [0.1, 0.15) is 18.9 Å². The van der Waals surface area contributed by atoms with Crippen LogP contribution in [0, 0.1) is 11.3 Å². The summed E-state index contributed by atoms with van der Waals surface area (Å²) < 4.78 is 0.841. The van der Waals surface area contributed by atoms with Crippen LogP contribution in [-0.4, -0.2) is 5.91 Å². The van der Waals surface area contributed by atoms with Crippen molar-refractivity contribution in [3.63, 3.8) is 0 Å². The Balaban J connectivity index is 2.79. The molecule has 78 valence electrons. The van der Waals surface area contributed by atoms with E-state index in [1.165, 1.54) is 5.56 Å². The second kappa shape index (κ2) is 5.52. The van der Waals surface area contributed by atoms with Gasteiger partial charge in [0, 0.05) is 4.47 Å². The number of hydrogen-bond donors (Lipinski definition) is 1. The maximum atomic E-state index is 11.2. The van der Waals surface area contributed by atoms with E-state index in [1.54, 1.807) is 6.07 Å². The molecule has 1 N–H and O–H groups in total. The number of aryl methyl sites for hydroxylation is 1. The van der Waals surface area contributed by atoms with Crippen LogP contribution in [-0.2, 0) is 11.2 Å². The minimum atomic E-state index is -0.289. The van der Waals surface area contributed by atoms with Crippen molar-refractivity contribution in [2.75, 3.05) is 5.32 Å². The first-order valence-electron chi connectivity index (χ1n) is 4.62. The van der Waals surface area contributed by atoms with Crippen LogP contribution in [0.25, 0.3) is 0 Å². The molecule has 1 rings (SSSR count). The van der Waals surface area contributed by atoms with Gasteiger partial charge in [-0.3, -0.25) is 4.79 Å². The molecule has 1 aromatic carbocycles. The van der Waals surface area contributed by atoms with E-state index in [2.05, 4.69) is 28.2 Å². The molecule has 0 aliphatic rings. The van der Waals surface area contributed by atoms with E-state index in [-0.39, 0.29) is 12.3 Å². The zero-order valence-electron chi connectivity index (χ0n) is 8.38. The molecule has 0 aliphatic heterocycles. The van der Waals surface area contributed by atoms with Crippen LogP contribution in [0.4, 0.5) is 5.69 Å². The van der Waals surface area contributed by atoms with Gasteiger partial charge in [0.2, 0.25) is 5.91 Å². The number of carbonyl (C=O) groups excluding carboxylic acids is 1. The van der Waals surface area contributed by atoms with Gasteiger partial charge in [0.15, 0.2) is 0 Å². The molecule has 3 nitrogen and oxygen atoms in total. The highest BCUT2D eigenvalue weighted by Crippen LogP contribution is 2.23. The van der Waals surface area contributed by atoms with Crippen molar-refractivity contribution in [2.45, 2.75) is 19.8 Å². The van der Waals surface area contributed by atoms with Crippen LogP contribution < -0.4 is 5.32 Å². The Morgan fingerprint density at radius 2 is 2.33 bits per heavy atom. The first kappa shape index (κ1) is 11.7. The Kier molecular flexibility index (Phi) is 4.32. The van der Waals surface area contributed by atoms with Gasteiger partial charge >= 0.3 is 0 Å². The molecule has 0 aromatic heterocycles. The van der Waals surface area contributed by atoms with E-state index < -0.39 is 0 Å². The Hall–Kier alpha value is -1.34. The molecule has 0 saturated carbocycles. The SMILES string of the molecule is CCc1ccc(NC(=O)CC#N)c(Br)c1. The number of carbonyl (C=O) groups is 1. The first-order valence-corrected chi connectivity index (χ1v) is 5.42. The van der Waals surface area contributed by atoms with E-state index >= 15 is 0 Å². The van der Waals surface area contributed by atoms with Crippen molar-refractivity contribution in [1.29, 1.82) is 5.26 Å². The van der Waals surface area contributed by atoms with Crippen molar-refractivity contribution < 1.29 is 4.79 Å². The Morgan fingerprint density at radius 1 is 1.60 bits per heavy atom. The Bertz CT molecular complexity index is 410. The van der Waals surface area contributed by atoms with Gasteiger partial charge in [0.25, 0.3) is 0 Å². The summed E-state index contributed by atoms with van der Waals surface area (Å²) in [6, 6.07) is 7.55. The van der Waals surface area contributed by atoms with Gasteiger partial charge < -0.3 is 5.32 Å². The quantitative estimate of drug-likeness (QED) is 0.915. The van der Waals surface area contributed by atoms with Gasteiger partial charge in [-0.2, -0.15) is 5.26 Å². The van der Waals surface area contributed by atoms with E-state index in [0.29, 0.717) is 5.69 Å². The molecule has 0 unspecified atom stereocenters. The van der Waals surface area contributed by atoms with Gasteiger partial charge in [-0.25, -0.2) is 0 Å². The fourth-order valence-electron chi connectivity index (χ4n) is 1.15. The maximum Gasteiger partial charge on any atom is 0.238 e. The summed E-state index contributed by atoms with van der Waals surface area (Å²) in [4.78, 5) is 11.2. The standard InChI is InChI=1S/C11H11BrN2O/c1-2-8-3-4-10(9(12)7-8)14-11(15)5-6-13/h3-4,7H,2,5H2,1H3,(H,14,15). The monoisotopic (exact) mass is 266 g/mol. The highest BCUT2D eigenvalue weighted by molar-refractivity contribution is 9.10. The second-order valence-corrected chi connectivity index (χ2v) is 3.91. The molecule has 4 heteroatoms. The van der Waals surface area contributed by atoms with Crippen LogP contribution in [0.15, 0.2) is 22.7 Å². The van der Waals surface area contributed by atoms with Crippen molar-refractivity contribution >= 4 is 27.5 Å². The number of hydrogen-bond acceptors (Lipinski definition) is 2. The lowest BCUT2D eigenvalue weighted by Gasteiger charge is -2.06. The molecule has 15 heavy (non-hydrogen) atoms. The third-order valence-electron chi connectivity index (χ3n) is 1.96. The molecule has 0 heterocycles. The van der Waals surface area contributed by atoms with Crippen LogP contribution in [0.3, 0.4) is 0 Å². The molecule has 1 amide bonds. The molecule has 1 aromatic rings. The smallest absolute Gasteiger partial charge is 0.238 e. The number of benzene rings is 1. The average molecular weight is 267 g/mol. The predicted octanol–water partition coefficient (Wildman–Crippen LogP) is 2.86. The molecular weight excluding hydrogens is 256 g/mol. The lowest BCUT2D eigenvalue weighted by molar-refractivity contribution is -0.115. The molecular formula is C11H11BrN2O. The minimum absolute atomic E-state index is 0.123. The molecule has 0 bridgehead atoms. The number of nitrogens with one attached hydrogen (secondary N) is 1. The predicted molar refractivity (Wildman–Crippen MR) is 62.4 cm³/mol. The van der Waals surface area contributed by atoms with Crippen molar-refractivity contribution in [1.82, 2.24) is 0 Å². The van der Waals surface area contributed by atoms with Crippen LogP contribution in [0.2, 0.25) is 0 Å². The number of amides is 1. The van der Waals surface area contributed by atoms with E-state index in [9.17, 15) is 4.79 Å². The fourth-order valence-corrected chi connectivity index (χ4v) is 1.67. The average Bonchev–Trinajstić information content (AvgIpc) is 2.21. The molecule has 0 spiro atoms. The topological polar surface area (TPSA) is 52.9 Å². The molecule has 0 fully saturated rings. The Labute approximate surface area is 97.2 Å². The van der Waals surface area contributed by atoms with Gasteiger partial charge in [0.1, 0.15) is 6.42 Å². The highest BCUT2D eigenvalue weighted by atomic mass is 79.9. The molecule has 0 radical (unpaired) electrons. The highest BCUT2D eigenvalue weighted by Gasteiger charge is 2.05. The number of anilines is 1. The fraction of sp³-hybridized carbons (Fsp3) is 0.273. The van der Waals surface area contributed by atoms with Crippen molar-refractivity contribution in [3.8, 4) is 6.07 Å². The molecule has 0 aliphatic carbocycles. The van der Waals surface area contributed by atoms with Gasteiger partial charge in [0.05, 0.1) is 11.8 Å². The van der Waals surface area contributed by atoms with Crippen LogP contribution in [0.5, 0.6) is 0 Å². The summed E-state index contributed by atoms with van der Waals surface area (Å²) in [6.07, 6.45) is 0.826. The number of rotatable bonds is 3. The van der Waals surface area contributed by atoms with Gasteiger partial charge in [-0.05, 0) is 40.0 Å². The maximum absolute atomic E-state index is 11.2. The first-order chi connectivity index (χ1) is 7.17. The summed E-state index contributed by atoms with van der Waals surface area (Å²) >= 11 is 3.37. The number of nitrogens with zero attached hydrogens (tertiary/aromatic N) is 1. The summed E-state index contributed by atoms with van der Waals surface area (Å²) in [5.74, 6) is -0.289. The normalized spacial score (nSPS) is 9.40. The summed E-state index contributed by atoms with van der Waals surface area (Å²) in [7, 11) is 0. The number of halogens is 1. The largest absolute Gasteiger partial charge is 0.324 e. The van der Waals surface area contributed by atoms with Gasteiger partial charge in [-0.15, -0.1) is 0 Å². The summed E-state index contributed by atoms with van der Waals surface area (Å²) in [6.45, 7) is 2.07. The van der Waals surface area contributed by atoms with E-state index in [1.807, 2.05) is 18.2 Å². The van der Waals surface area contributed by atoms with Crippen molar-refractivity contribution in [2.24, 2.45) is 0 Å². The second-order valence-electron chi connectivity index (χ2n) is 3.05. The van der Waals surface area contributed by atoms with E-state index in [4.69, 9.17) is 5.26 Å². The van der Waals surface area contributed by atoms with Gasteiger partial charge in [-0.1, -0.05) is 13.0 Å². The Morgan fingerprint density at radius 3 is 2.87 bits per heavy atom. The zero-order valence-corrected chi connectivity index (χ0v) is 9.97. The third-order valence-corrected chi connectivity index (χ3v) is 2.61. The van der Waals surface area contributed by atoms with Crippen molar-refractivity contribution in [3.05, 3.63) is 28.2 Å². The molecule has 0 atom stereocenters. The molecule has 0 saturated heterocycles. The minimum Gasteiger partial charge on any atom is -0.324 e. The van der Waals surface area contributed by atoms with E-state index in [0.717, 1.165) is 10.9 Å². The summed E-state index contributed by atoms with van der Waals surface area (Å²) in [5.41, 5.74) is 1.90. The zero-order chi connectivity index (χ0) is 11.3. The summed E-state index contributed by atoms with van der Waals surface area (Å²) in [5, 5.41) is 11.0. The number of nitriles is 1. The lowest BCUT2D eigenvalue weighted by Crippen LogP contribution is -2.10. The third kappa shape index (κ3) is 3.37.